The highest BCUT2D eigenvalue weighted by Gasteiger charge is 2.32. The molecule has 1 fully saturated rings. The molecule has 8 nitrogen and oxygen atoms in total. The van der Waals surface area contributed by atoms with Crippen LogP contribution >= 0.6 is 22.9 Å². The third kappa shape index (κ3) is 4.16. The summed E-state index contributed by atoms with van der Waals surface area (Å²) in [6, 6.07) is 11.6. The van der Waals surface area contributed by atoms with Crippen LogP contribution in [0.4, 0.5) is 0 Å². The van der Waals surface area contributed by atoms with Crippen LogP contribution in [0.15, 0.2) is 56.8 Å². The molecular formula is C20H19ClN4O4S2. The Kier molecular flexibility index (Phi) is 5.98. The van der Waals surface area contributed by atoms with E-state index in [1.165, 1.54) is 20.0 Å². The van der Waals surface area contributed by atoms with Gasteiger partial charge in [0.2, 0.25) is 5.43 Å². The first kappa shape index (κ1) is 21.7. The molecule has 0 aliphatic carbocycles. The number of piperazine rings is 1. The smallest absolute Gasteiger partial charge is 0.278 e. The molecule has 11 heteroatoms. The van der Waals surface area contributed by atoms with Gasteiger partial charge < -0.3 is 4.90 Å². The van der Waals surface area contributed by atoms with Crippen LogP contribution in [0.5, 0.6) is 0 Å². The number of sulfonamides is 1. The molecule has 0 saturated carbocycles. The van der Waals surface area contributed by atoms with Crippen LogP contribution in [-0.2, 0) is 10.0 Å². The van der Waals surface area contributed by atoms with Gasteiger partial charge in [0.05, 0.1) is 10.7 Å². The molecule has 1 aliphatic heterocycles. The Morgan fingerprint density at radius 2 is 1.81 bits per heavy atom. The summed E-state index contributed by atoms with van der Waals surface area (Å²) in [6.07, 6.45) is 0. The second-order valence-corrected chi connectivity index (χ2v) is 10.5. The van der Waals surface area contributed by atoms with Gasteiger partial charge in [-0.1, -0.05) is 29.8 Å². The number of thiophene rings is 1. The summed E-state index contributed by atoms with van der Waals surface area (Å²) < 4.78 is 28.4. The summed E-state index contributed by atoms with van der Waals surface area (Å²) in [5.74, 6) is -0.529. The highest BCUT2D eigenvalue weighted by molar-refractivity contribution is 7.91. The van der Waals surface area contributed by atoms with Crippen LogP contribution in [0.2, 0.25) is 5.02 Å². The molecule has 1 aromatic carbocycles. The SMILES string of the molecule is Cc1cc(=O)c(C(=O)N2CCN(S(=O)(=O)c3cccs3)CC2)nn1-c1ccccc1Cl. The zero-order valence-corrected chi connectivity index (χ0v) is 19.0. The van der Waals surface area contributed by atoms with E-state index in [-0.39, 0.29) is 36.1 Å². The van der Waals surface area contributed by atoms with Gasteiger partial charge in [-0.25, -0.2) is 13.1 Å². The number of nitrogens with zero attached hydrogens (tertiary/aromatic N) is 4. The number of aromatic nitrogens is 2. The molecule has 0 N–H and O–H groups in total. The molecular weight excluding hydrogens is 460 g/mol. The number of carbonyl (C=O) groups is 1. The summed E-state index contributed by atoms with van der Waals surface area (Å²) in [4.78, 5) is 27.0. The Labute approximate surface area is 188 Å². The van der Waals surface area contributed by atoms with Crippen molar-refractivity contribution in [1.29, 1.82) is 0 Å². The van der Waals surface area contributed by atoms with Gasteiger partial charge >= 0.3 is 0 Å². The first-order valence-corrected chi connectivity index (χ1v) is 12.2. The monoisotopic (exact) mass is 478 g/mol. The van der Waals surface area contributed by atoms with Crippen molar-refractivity contribution in [2.45, 2.75) is 11.1 Å². The number of hydrogen-bond donors (Lipinski definition) is 0. The molecule has 0 radical (unpaired) electrons. The second kappa shape index (κ2) is 8.54. The van der Waals surface area contributed by atoms with E-state index in [0.717, 1.165) is 11.3 Å². The lowest BCUT2D eigenvalue weighted by Gasteiger charge is -2.33. The normalized spacial score (nSPS) is 15.2. The van der Waals surface area contributed by atoms with Gasteiger partial charge in [-0.15, -0.1) is 11.3 Å². The third-order valence-corrected chi connectivity index (χ3v) is 8.60. The van der Waals surface area contributed by atoms with Crippen LogP contribution in [0.25, 0.3) is 5.69 Å². The fourth-order valence-electron chi connectivity index (χ4n) is 3.38. The van der Waals surface area contributed by atoms with E-state index in [1.807, 2.05) is 0 Å². The fourth-order valence-corrected chi connectivity index (χ4v) is 6.16. The highest BCUT2D eigenvalue weighted by Crippen LogP contribution is 2.23. The topological polar surface area (TPSA) is 92.6 Å². The maximum atomic E-state index is 13.0. The molecule has 31 heavy (non-hydrogen) atoms. The molecule has 0 bridgehead atoms. The molecule has 1 aliphatic rings. The molecule has 3 aromatic rings. The number of carbonyl (C=O) groups excluding carboxylic acids is 1. The van der Waals surface area contributed by atoms with E-state index >= 15 is 0 Å². The first-order valence-electron chi connectivity index (χ1n) is 9.48. The minimum absolute atomic E-state index is 0.149. The van der Waals surface area contributed by atoms with E-state index < -0.39 is 21.4 Å². The van der Waals surface area contributed by atoms with Crippen LogP contribution in [0.1, 0.15) is 16.2 Å². The van der Waals surface area contributed by atoms with Gasteiger partial charge in [0.1, 0.15) is 4.21 Å². The van der Waals surface area contributed by atoms with Crippen LogP contribution in [-0.4, -0.2) is 59.5 Å². The summed E-state index contributed by atoms with van der Waals surface area (Å²) in [7, 11) is -3.58. The van der Waals surface area contributed by atoms with Crippen molar-refractivity contribution in [3.8, 4) is 5.69 Å². The Balaban J connectivity index is 1.57. The Morgan fingerprint density at radius 3 is 2.45 bits per heavy atom. The lowest BCUT2D eigenvalue weighted by molar-refractivity contribution is 0.0688. The van der Waals surface area contributed by atoms with Crippen molar-refractivity contribution in [3.63, 3.8) is 0 Å². The van der Waals surface area contributed by atoms with E-state index in [0.29, 0.717) is 16.4 Å². The van der Waals surface area contributed by atoms with Gasteiger partial charge in [-0.2, -0.15) is 9.40 Å². The van der Waals surface area contributed by atoms with Crippen molar-refractivity contribution in [2.24, 2.45) is 0 Å². The van der Waals surface area contributed by atoms with Crippen molar-refractivity contribution in [1.82, 2.24) is 19.0 Å². The predicted molar refractivity (Wildman–Crippen MR) is 119 cm³/mol. The Bertz CT molecular complexity index is 1280. The molecule has 1 saturated heterocycles. The lowest BCUT2D eigenvalue weighted by atomic mass is 10.2. The average molecular weight is 479 g/mol. The zero-order valence-electron chi connectivity index (χ0n) is 16.6. The van der Waals surface area contributed by atoms with Crippen LogP contribution in [0, 0.1) is 6.92 Å². The average Bonchev–Trinajstić information content (AvgIpc) is 3.30. The molecule has 162 valence electrons. The standard InChI is InChI=1S/C20H19ClN4O4S2/c1-14-13-17(26)19(22-25(14)16-6-3-2-5-15(16)21)20(27)23-8-10-24(11-9-23)31(28,29)18-7-4-12-30-18/h2-7,12-13H,8-11H2,1H3. The summed E-state index contributed by atoms with van der Waals surface area (Å²) in [5.41, 5.74) is 0.392. The van der Waals surface area contributed by atoms with E-state index in [1.54, 1.807) is 48.7 Å². The van der Waals surface area contributed by atoms with Crippen molar-refractivity contribution in [3.05, 3.63) is 74.5 Å². The van der Waals surface area contributed by atoms with Crippen molar-refractivity contribution < 1.29 is 13.2 Å². The van der Waals surface area contributed by atoms with Gasteiger partial charge in [0.25, 0.3) is 15.9 Å². The summed E-state index contributed by atoms with van der Waals surface area (Å²) in [5, 5.41) is 6.43. The maximum absolute atomic E-state index is 13.0. The molecule has 2 aromatic heterocycles. The third-order valence-electron chi connectivity index (χ3n) is 5.01. The minimum Gasteiger partial charge on any atom is -0.334 e. The Morgan fingerprint density at radius 1 is 1.10 bits per heavy atom. The number of amides is 1. The quantitative estimate of drug-likeness (QED) is 0.574. The van der Waals surface area contributed by atoms with E-state index in [9.17, 15) is 18.0 Å². The van der Waals surface area contributed by atoms with Crippen molar-refractivity contribution >= 4 is 38.9 Å². The molecule has 1 amide bonds. The van der Waals surface area contributed by atoms with Gasteiger partial charge in [-0.3, -0.25) is 9.59 Å². The summed E-state index contributed by atoms with van der Waals surface area (Å²) in [6.45, 7) is 2.35. The number of aryl methyl sites for hydroxylation is 1. The van der Waals surface area contributed by atoms with E-state index in [2.05, 4.69) is 5.10 Å². The fraction of sp³-hybridized carbons (Fsp3) is 0.250. The highest BCUT2D eigenvalue weighted by atomic mass is 35.5. The molecule has 0 unspecified atom stereocenters. The number of hydrogen-bond acceptors (Lipinski definition) is 6. The number of halogens is 1. The number of benzene rings is 1. The predicted octanol–water partition coefficient (Wildman–Crippen LogP) is 2.40. The molecule has 4 rings (SSSR count). The first-order chi connectivity index (χ1) is 14.8. The molecule has 0 atom stereocenters. The van der Waals surface area contributed by atoms with Gasteiger partial charge in [-0.05, 0) is 30.5 Å². The summed E-state index contributed by atoms with van der Waals surface area (Å²) >= 11 is 7.41. The minimum atomic E-state index is -3.58. The molecule has 3 heterocycles. The lowest BCUT2D eigenvalue weighted by Crippen LogP contribution is -2.51. The van der Waals surface area contributed by atoms with Crippen LogP contribution in [0.3, 0.4) is 0 Å². The number of rotatable bonds is 4. The maximum Gasteiger partial charge on any atom is 0.278 e. The number of para-hydroxylation sites is 1. The largest absolute Gasteiger partial charge is 0.334 e. The Hall–Kier alpha value is -2.53. The van der Waals surface area contributed by atoms with Crippen LogP contribution < -0.4 is 5.43 Å². The zero-order chi connectivity index (χ0) is 22.2. The van der Waals surface area contributed by atoms with Crippen molar-refractivity contribution in [2.75, 3.05) is 26.2 Å². The second-order valence-electron chi connectivity index (χ2n) is 6.99. The van der Waals surface area contributed by atoms with E-state index in [4.69, 9.17) is 11.6 Å². The van der Waals surface area contributed by atoms with Gasteiger partial charge in [0, 0.05) is 37.9 Å². The molecule has 0 spiro atoms. The van der Waals surface area contributed by atoms with Gasteiger partial charge in [0.15, 0.2) is 5.69 Å².